The van der Waals surface area contributed by atoms with Crippen molar-refractivity contribution in [1.82, 2.24) is 15.1 Å². The van der Waals surface area contributed by atoms with Crippen molar-refractivity contribution in [3.63, 3.8) is 0 Å². The predicted octanol–water partition coefficient (Wildman–Crippen LogP) is 3.27. The van der Waals surface area contributed by atoms with E-state index in [9.17, 15) is 0 Å². The lowest BCUT2D eigenvalue weighted by atomic mass is 10.1. The number of ether oxygens (including phenoxy) is 1. The highest BCUT2D eigenvalue weighted by molar-refractivity contribution is 5.21. The van der Waals surface area contributed by atoms with Crippen LogP contribution in [0, 0.1) is 5.92 Å². The number of rotatable bonds is 8. The van der Waals surface area contributed by atoms with Gasteiger partial charge in [-0.1, -0.05) is 44.2 Å². The second-order valence-electron chi connectivity index (χ2n) is 5.60. The van der Waals surface area contributed by atoms with E-state index in [1.807, 2.05) is 29.1 Å². The van der Waals surface area contributed by atoms with Gasteiger partial charge >= 0.3 is 0 Å². The summed E-state index contributed by atoms with van der Waals surface area (Å²) in [4.78, 5) is 0. The fourth-order valence-corrected chi connectivity index (χ4v) is 2.14. The SMILES string of the molecule is CCn1cc(OC(CNCC(C)C)c2ccccc2)cn1. The van der Waals surface area contributed by atoms with Crippen LogP contribution in [0.4, 0.5) is 0 Å². The highest BCUT2D eigenvalue weighted by Gasteiger charge is 2.14. The maximum atomic E-state index is 6.12. The van der Waals surface area contributed by atoms with Crippen LogP contribution < -0.4 is 10.1 Å². The van der Waals surface area contributed by atoms with Crippen LogP contribution in [0.3, 0.4) is 0 Å². The van der Waals surface area contributed by atoms with Crippen LogP contribution in [-0.2, 0) is 6.54 Å². The monoisotopic (exact) mass is 287 g/mol. The van der Waals surface area contributed by atoms with Crippen LogP contribution in [0.1, 0.15) is 32.4 Å². The Morgan fingerprint density at radius 3 is 2.57 bits per heavy atom. The van der Waals surface area contributed by atoms with Crippen molar-refractivity contribution in [2.45, 2.75) is 33.4 Å². The Balaban J connectivity index is 2.04. The summed E-state index contributed by atoms with van der Waals surface area (Å²) in [5.74, 6) is 1.45. The average molecular weight is 287 g/mol. The number of nitrogens with one attached hydrogen (secondary N) is 1. The van der Waals surface area contributed by atoms with Crippen LogP contribution in [0.5, 0.6) is 5.75 Å². The van der Waals surface area contributed by atoms with Gasteiger partial charge in [0.15, 0.2) is 5.75 Å². The van der Waals surface area contributed by atoms with Gasteiger partial charge in [0.1, 0.15) is 6.10 Å². The highest BCUT2D eigenvalue weighted by Crippen LogP contribution is 2.21. The fourth-order valence-electron chi connectivity index (χ4n) is 2.14. The summed E-state index contributed by atoms with van der Waals surface area (Å²) in [6.45, 7) is 9.11. The summed E-state index contributed by atoms with van der Waals surface area (Å²) in [5.41, 5.74) is 1.18. The topological polar surface area (TPSA) is 39.1 Å². The Morgan fingerprint density at radius 2 is 1.95 bits per heavy atom. The Morgan fingerprint density at radius 1 is 1.19 bits per heavy atom. The van der Waals surface area contributed by atoms with Gasteiger partial charge in [0.2, 0.25) is 0 Å². The van der Waals surface area contributed by atoms with E-state index in [-0.39, 0.29) is 6.10 Å². The predicted molar refractivity (Wildman–Crippen MR) is 85.4 cm³/mol. The van der Waals surface area contributed by atoms with Crippen LogP contribution in [0.15, 0.2) is 42.7 Å². The van der Waals surface area contributed by atoms with E-state index in [0.717, 1.165) is 25.4 Å². The Hall–Kier alpha value is -1.81. The minimum absolute atomic E-state index is 0.000504. The standard InChI is InChI=1S/C17H25N3O/c1-4-20-13-16(11-19-20)21-17(12-18-10-14(2)3)15-8-6-5-7-9-15/h5-9,11,13-14,17-18H,4,10,12H2,1-3H3. The lowest BCUT2D eigenvalue weighted by Gasteiger charge is -2.20. The first kappa shape index (κ1) is 15.6. The van der Waals surface area contributed by atoms with E-state index in [2.05, 4.69) is 43.3 Å². The molecule has 4 nitrogen and oxygen atoms in total. The average Bonchev–Trinajstić information content (AvgIpc) is 2.94. The van der Waals surface area contributed by atoms with Gasteiger partial charge in [-0.2, -0.15) is 5.10 Å². The molecule has 1 aromatic heterocycles. The van der Waals surface area contributed by atoms with Gasteiger partial charge < -0.3 is 10.1 Å². The van der Waals surface area contributed by atoms with Crippen molar-refractivity contribution in [2.24, 2.45) is 5.92 Å². The summed E-state index contributed by atoms with van der Waals surface area (Å²) in [6.07, 6.45) is 3.72. The van der Waals surface area contributed by atoms with Gasteiger partial charge in [-0.05, 0) is 24.9 Å². The molecular formula is C17H25N3O. The minimum Gasteiger partial charge on any atom is -0.481 e. The smallest absolute Gasteiger partial charge is 0.158 e. The van der Waals surface area contributed by atoms with Crippen LogP contribution in [0.2, 0.25) is 0 Å². The molecule has 0 saturated carbocycles. The molecule has 1 atom stereocenters. The molecule has 0 aliphatic heterocycles. The molecule has 0 radical (unpaired) electrons. The minimum atomic E-state index is -0.000504. The van der Waals surface area contributed by atoms with Gasteiger partial charge in [-0.3, -0.25) is 4.68 Å². The van der Waals surface area contributed by atoms with Gasteiger partial charge in [0.05, 0.1) is 12.4 Å². The first-order chi connectivity index (χ1) is 10.2. The molecule has 1 aromatic carbocycles. The fraction of sp³-hybridized carbons (Fsp3) is 0.471. The molecule has 0 saturated heterocycles. The molecule has 0 spiro atoms. The largest absolute Gasteiger partial charge is 0.481 e. The normalized spacial score (nSPS) is 12.6. The summed E-state index contributed by atoms with van der Waals surface area (Å²) in [7, 11) is 0. The zero-order chi connectivity index (χ0) is 15.1. The Bertz CT molecular complexity index is 522. The van der Waals surface area contributed by atoms with E-state index in [0.29, 0.717) is 5.92 Å². The number of benzene rings is 1. The van der Waals surface area contributed by atoms with Crippen LogP contribution in [0.25, 0.3) is 0 Å². The number of hydrogen-bond acceptors (Lipinski definition) is 3. The van der Waals surface area contributed by atoms with Crippen molar-refractivity contribution in [3.8, 4) is 5.75 Å². The van der Waals surface area contributed by atoms with Crippen molar-refractivity contribution < 1.29 is 4.74 Å². The third kappa shape index (κ3) is 4.90. The molecule has 2 rings (SSSR count). The van der Waals surface area contributed by atoms with E-state index >= 15 is 0 Å². The molecule has 0 amide bonds. The van der Waals surface area contributed by atoms with E-state index in [1.54, 1.807) is 6.20 Å². The number of hydrogen-bond donors (Lipinski definition) is 1. The molecule has 114 valence electrons. The van der Waals surface area contributed by atoms with Crippen molar-refractivity contribution >= 4 is 0 Å². The molecule has 21 heavy (non-hydrogen) atoms. The van der Waals surface area contributed by atoms with Crippen molar-refractivity contribution in [2.75, 3.05) is 13.1 Å². The second-order valence-corrected chi connectivity index (χ2v) is 5.60. The van der Waals surface area contributed by atoms with E-state index in [1.165, 1.54) is 5.56 Å². The molecule has 0 bridgehead atoms. The molecular weight excluding hydrogens is 262 g/mol. The summed E-state index contributed by atoms with van der Waals surface area (Å²) in [5, 5.41) is 7.73. The van der Waals surface area contributed by atoms with Gasteiger partial charge in [-0.15, -0.1) is 0 Å². The number of aryl methyl sites for hydroxylation is 1. The number of aromatic nitrogens is 2. The third-order valence-corrected chi connectivity index (χ3v) is 3.27. The maximum absolute atomic E-state index is 6.12. The lowest BCUT2D eigenvalue weighted by molar-refractivity contribution is 0.200. The maximum Gasteiger partial charge on any atom is 0.158 e. The van der Waals surface area contributed by atoms with Crippen molar-refractivity contribution in [1.29, 1.82) is 0 Å². The van der Waals surface area contributed by atoms with Gasteiger partial charge in [0, 0.05) is 13.1 Å². The quantitative estimate of drug-likeness (QED) is 0.810. The molecule has 2 aromatic rings. The Labute approximate surface area is 127 Å². The molecule has 0 fully saturated rings. The number of nitrogens with zero attached hydrogens (tertiary/aromatic N) is 2. The lowest BCUT2D eigenvalue weighted by Crippen LogP contribution is -2.28. The van der Waals surface area contributed by atoms with Crippen molar-refractivity contribution in [3.05, 3.63) is 48.3 Å². The first-order valence-electron chi connectivity index (χ1n) is 7.63. The zero-order valence-corrected chi connectivity index (χ0v) is 13.1. The molecule has 1 heterocycles. The van der Waals surface area contributed by atoms with Gasteiger partial charge in [-0.25, -0.2) is 0 Å². The highest BCUT2D eigenvalue weighted by atomic mass is 16.5. The third-order valence-electron chi connectivity index (χ3n) is 3.27. The van der Waals surface area contributed by atoms with E-state index < -0.39 is 0 Å². The van der Waals surface area contributed by atoms with Crippen LogP contribution >= 0.6 is 0 Å². The molecule has 1 N–H and O–H groups in total. The van der Waals surface area contributed by atoms with E-state index in [4.69, 9.17) is 4.74 Å². The molecule has 0 aliphatic rings. The zero-order valence-electron chi connectivity index (χ0n) is 13.1. The summed E-state index contributed by atoms with van der Waals surface area (Å²) >= 11 is 0. The second kappa shape index (κ2) is 7.84. The Kier molecular flexibility index (Phi) is 5.81. The summed E-state index contributed by atoms with van der Waals surface area (Å²) in [6, 6.07) is 10.3. The summed E-state index contributed by atoms with van der Waals surface area (Å²) < 4.78 is 7.99. The van der Waals surface area contributed by atoms with Gasteiger partial charge in [0.25, 0.3) is 0 Å². The molecule has 1 unspecified atom stereocenters. The molecule has 4 heteroatoms. The first-order valence-corrected chi connectivity index (χ1v) is 7.63. The molecule has 0 aliphatic carbocycles. The van der Waals surface area contributed by atoms with Crippen LogP contribution in [-0.4, -0.2) is 22.9 Å².